The van der Waals surface area contributed by atoms with E-state index in [-0.39, 0.29) is 6.10 Å². The average Bonchev–Trinajstić information content (AvgIpc) is 3.45. The van der Waals surface area contributed by atoms with E-state index in [1.165, 1.54) is 18.4 Å². The van der Waals surface area contributed by atoms with Crippen molar-refractivity contribution in [2.24, 2.45) is 5.41 Å². The third-order valence-electron chi connectivity index (χ3n) is 5.95. The number of nitrogens with zero attached hydrogens (tertiary/aromatic N) is 3. The number of nitrogen functional groups attached to an aromatic ring is 1. The average molecular weight is 380 g/mol. The van der Waals surface area contributed by atoms with Gasteiger partial charge in [0, 0.05) is 30.4 Å². The molecule has 0 radical (unpaired) electrons. The van der Waals surface area contributed by atoms with Gasteiger partial charge < -0.3 is 15.4 Å². The second-order valence-corrected chi connectivity index (χ2v) is 8.39. The third kappa shape index (κ3) is 4.02. The first kappa shape index (κ1) is 18.9. The van der Waals surface area contributed by atoms with E-state index < -0.39 is 0 Å². The Labute approximate surface area is 166 Å². The van der Waals surface area contributed by atoms with E-state index in [0.717, 1.165) is 37.3 Å². The summed E-state index contributed by atoms with van der Waals surface area (Å²) in [6.07, 6.45) is 6.33. The number of morpholine rings is 1. The van der Waals surface area contributed by atoms with Crippen LogP contribution in [0.2, 0.25) is 0 Å². The Morgan fingerprint density at radius 2 is 2.14 bits per heavy atom. The summed E-state index contributed by atoms with van der Waals surface area (Å²) in [6.45, 7) is 6.76. The molecule has 1 atom stereocenters. The topological polar surface area (TPSA) is 88.1 Å². The van der Waals surface area contributed by atoms with E-state index in [4.69, 9.17) is 15.9 Å². The molecule has 4 rings (SSSR count). The van der Waals surface area contributed by atoms with Gasteiger partial charge >= 0.3 is 0 Å². The summed E-state index contributed by atoms with van der Waals surface area (Å²) in [5.41, 5.74) is 10.2. The maximum Gasteiger partial charge on any atom is 0.132 e. The maximum atomic E-state index is 8.73. The predicted molar refractivity (Wildman–Crippen MR) is 112 cm³/mol. The molecule has 0 spiro atoms. The fourth-order valence-electron chi connectivity index (χ4n) is 3.78. The molecule has 6 heteroatoms. The Morgan fingerprint density at radius 1 is 1.32 bits per heavy atom. The van der Waals surface area contributed by atoms with Crippen LogP contribution >= 0.6 is 0 Å². The smallest absolute Gasteiger partial charge is 0.132 e. The Balaban J connectivity index is 1.57. The zero-order valence-corrected chi connectivity index (χ0v) is 16.7. The molecule has 28 heavy (non-hydrogen) atoms. The van der Waals surface area contributed by atoms with Gasteiger partial charge in [-0.1, -0.05) is 19.9 Å². The summed E-state index contributed by atoms with van der Waals surface area (Å²) in [4.78, 5) is 11.0. The normalized spacial score (nSPS) is 20.8. The zero-order chi connectivity index (χ0) is 19.7. The maximum absolute atomic E-state index is 8.73. The van der Waals surface area contributed by atoms with Crippen molar-refractivity contribution >= 4 is 17.2 Å². The predicted octanol–water partition coefficient (Wildman–Crippen LogP) is 3.43. The number of anilines is 2. The van der Waals surface area contributed by atoms with Crippen LogP contribution in [0.1, 0.15) is 49.9 Å². The van der Waals surface area contributed by atoms with Crippen molar-refractivity contribution in [2.45, 2.75) is 45.6 Å². The minimum absolute atomic E-state index is 0.225. The number of benzene rings is 1. The largest absolute Gasteiger partial charge is 0.398 e. The molecule has 2 heterocycles. The molecular weight excluding hydrogens is 350 g/mol. The Hall–Kier alpha value is -2.47. The van der Waals surface area contributed by atoms with Gasteiger partial charge in [0.1, 0.15) is 12.1 Å². The van der Waals surface area contributed by atoms with Crippen molar-refractivity contribution in [3.8, 4) is 0 Å². The number of hydrogen-bond donors (Lipinski definition) is 2. The Bertz CT molecular complexity index is 877. The van der Waals surface area contributed by atoms with Crippen molar-refractivity contribution in [3.05, 3.63) is 47.4 Å². The van der Waals surface area contributed by atoms with E-state index in [1.54, 1.807) is 6.33 Å². The second kappa shape index (κ2) is 7.51. The lowest BCUT2D eigenvalue weighted by Crippen LogP contribution is -2.42. The number of aromatic nitrogens is 2. The molecule has 1 aliphatic carbocycles. The molecule has 2 fully saturated rings. The first-order chi connectivity index (χ1) is 13.5. The summed E-state index contributed by atoms with van der Waals surface area (Å²) in [6, 6.07) is 7.96. The zero-order valence-electron chi connectivity index (χ0n) is 16.7. The number of rotatable bonds is 6. The molecule has 2 aromatic rings. The monoisotopic (exact) mass is 379 g/mol. The lowest BCUT2D eigenvalue weighted by Gasteiger charge is -2.33. The summed E-state index contributed by atoms with van der Waals surface area (Å²) in [5, 5.41) is 8.73. The van der Waals surface area contributed by atoms with Gasteiger partial charge in [0.25, 0.3) is 0 Å². The molecule has 1 aromatic carbocycles. The van der Waals surface area contributed by atoms with Crippen LogP contribution < -0.4 is 10.6 Å². The summed E-state index contributed by atoms with van der Waals surface area (Å²) >= 11 is 0. The highest BCUT2D eigenvalue weighted by molar-refractivity contribution is 6.13. The van der Waals surface area contributed by atoms with Crippen LogP contribution in [0, 0.1) is 10.8 Å². The lowest BCUT2D eigenvalue weighted by molar-refractivity contribution is 0.0381. The van der Waals surface area contributed by atoms with Gasteiger partial charge in [-0.25, -0.2) is 9.97 Å². The minimum Gasteiger partial charge on any atom is -0.398 e. The van der Waals surface area contributed by atoms with Crippen molar-refractivity contribution in [1.82, 2.24) is 9.97 Å². The van der Waals surface area contributed by atoms with E-state index in [2.05, 4.69) is 40.8 Å². The molecule has 1 aromatic heterocycles. The number of ether oxygens (including phenoxy) is 1. The molecule has 1 aliphatic heterocycles. The van der Waals surface area contributed by atoms with Gasteiger partial charge in [-0.05, 0) is 48.8 Å². The molecule has 6 nitrogen and oxygen atoms in total. The van der Waals surface area contributed by atoms with E-state index in [0.29, 0.717) is 29.1 Å². The highest BCUT2D eigenvalue weighted by atomic mass is 16.5. The van der Waals surface area contributed by atoms with Crippen LogP contribution in [0.4, 0.5) is 11.5 Å². The molecule has 0 amide bonds. The van der Waals surface area contributed by atoms with Gasteiger partial charge in [0.15, 0.2) is 0 Å². The van der Waals surface area contributed by atoms with Crippen LogP contribution in [-0.4, -0.2) is 41.5 Å². The first-order valence-corrected chi connectivity index (χ1v) is 10.1. The van der Waals surface area contributed by atoms with Crippen LogP contribution in [0.3, 0.4) is 0 Å². The van der Waals surface area contributed by atoms with Gasteiger partial charge in [-0.15, -0.1) is 0 Å². The number of nitrogens with one attached hydrogen (secondary N) is 1. The van der Waals surface area contributed by atoms with Crippen molar-refractivity contribution in [2.75, 3.05) is 30.3 Å². The quantitative estimate of drug-likeness (QED) is 0.593. The van der Waals surface area contributed by atoms with Crippen LogP contribution in [-0.2, 0) is 11.2 Å². The van der Waals surface area contributed by atoms with E-state index >= 15 is 0 Å². The Morgan fingerprint density at radius 3 is 2.89 bits per heavy atom. The number of hydrogen-bond acceptors (Lipinski definition) is 6. The van der Waals surface area contributed by atoms with Gasteiger partial charge in [-0.3, -0.25) is 5.41 Å². The summed E-state index contributed by atoms with van der Waals surface area (Å²) in [5.74, 6) is 0.844. The number of nitrogens with two attached hydrogens (primary N) is 1. The second-order valence-electron chi connectivity index (χ2n) is 8.39. The fourth-order valence-corrected chi connectivity index (χ4v) is 3.78. The molecule has 148 valence electrons. The van der Waals surface area contributed by atoms with Crippen molar-refractivity contribution in [1.29, 1.82) is 5.41 Å². The highest BCUT2D eigenvalue weighted by Crippen LogP contribution is 2.47. The lowest BCUT2D eigenvalue weighted by atomic mass is 9.95. The summed E-state index contributed by atoms with van der Waals surface area (Å²) in [7, 11) is 0. The summed E-state index contributed by atoms with van der Waals surface area (Å²) < 4.78 is 5.76. The van der Waals surface area contributed by atoms with Crippen LogP contribution in [0.15, 0.2) is 30.6 Å². The molecule has 2 aliphatic rings. The highest BCUT2D eigenvalue weighted by Gasteiger charge is 2.37. The van der Waals surface area contributed by atoms with E-state index in [9.17, 15) is 0 Å². The van der Waals surface area contributed by atoms with E-state index in [1.807, 2.05) is 12.1 Å². The van der Waals surface area contributed by atoms with Gasteiger partial charge in [0.05, 0.1) is 24.1 Å². The molecule has 1 saturated carbocycles. The van der Waals surface area contributed by atoms with Crippen molar-refractivity contribution in [3.63, 3.8) is 0 Å². The molecular formula is C22H29N5O. The minimum atomic E-state index is 0.225. The van der Waals surface area contributed by atoms with Crippen LogP contribution in [0.5, 0.6) is 0 Å². The van der Waals surface area contributed by atoms with Gasteiger partial charge in [0.2, 0.25) is 0 Å². The Kier molecular flexibility index (Phi) is 5.06. The molecule has 3 N–H and O–H groups in total. The molecule has 0 bridgehead atoms. The third-order valence-corrected chi connectivity index (χ3v) is 5.95. The fraction of sp³-hybridized carbons (Fsp3) is 0.500. The standard InChI is InChI=1S/C22H29N5O/c1-3-16-13-27(8-9-28-16)20-11-19(25-14-26-20)21(24)17-10-15(4-5-18(17)23)12-22(2)6-7-22/h4-5,10-11,14,16,24H,3,6-9,12-13,23H2,1-2H3. The van der Waals surface area contributed by atoms with Gasteiger partial charge in [-0.2, -0.15) is 0 Å². The SMILES string of the molecule is CCC1CN(c2cc(C(=N)c3cc(CC4(C)CC4)ccc3N)ncn2)CCO1. The first-order valence-electron chi connectivity index (χ1n) is 10.1. The molecule has 1 unspecified atom stereocenters. The van der Waals surface area contributed by atoms with Crippen LogP contribution in [0.25, 0.3) is 0 Å². The molecule has 1 saturated heterocycles. The van der Waals surface area contributed by atoms with Crippen molar-refractivity contribution < 1.29 is 4.74 Å².